The minimum atomic E-state index is -0.286. The highest BCUT2D eigenvalue weighted by atomic mass is 16.5. The number of carbonyl (C=O) groups excluding carboxylic acids is 3. The molecule has 3 heterocycles. The van der Waals surface area contributed by atoms with Crippen molar-refractivity contribution in [1.82, 2.24) is 14.7 Å². The number of likely N-dealkylation sites (tertiary alicyclic amines) is 1. The van der Waals surface area contributed by atoms with Gasteiger partial charge in [-0.2, -0.15) is 0 Å². The van der Waals surface area contributed by atoms with Crippen molar-refractivity contribution in [2.45, 2.75) is 51.5 Å². The normalized spacial score (nSPS) is 25.2. The second-order valence-corrected chi connectivity index (χ2v) is 9.71. The summed E-state index contributed by atoms with van der Waals surface area (Å²) >= 11 is 0. The third-order valence-corrected chi connectivity index (χ3v) is 6.99. The van der Waals surface area contributed by atoms with E-state index in [-0.39, 0.29) is 42.5 Å². The summed E-state index contributed by atoms with van der Waals surface area (Å²) in [7, 11) is 0. The van der Waals surface area contributed by atoms with Gasteiger partial charge in [0.25, 0.3) is 17.7 Å². The van der Waals surface area contributed by atoms with Crippen LogP contribution in [0.4, 0.5) is 0 Å². The van der Waals surface area contributed by atoms with E-state index in [1.165, 1.54) is 4.90 Å². The first kappa shape index (κ1) is 22.7. The van der Waals surface area contributed by atoms with Gasteiger partial charge in [-0.25, -0.2) is 0 Å². The molecule has 2 aromatic carbocycles. The molecule has 5 rings (SSSR count). The zero-order valence-electron chi connectivity index (χ0n) is 19.8. The number of ether oxygens (including phenoxy) is 1. The van der Waals surface area contributed by atoms with Gasteiger partial charge in [-0.1, -0.05) is 24.3 Å². The second kappa shape index (κ2) is 9.31. The molecular weight excluding hydrogens is 430 g/mol. The molecule has 3 aliphatic heterocycles. The van der Waals surface area contributed by atoms with E-state index < -0.39 is 0 Å². The number of hydrogen-bond acceptors (Lipinski definition) is 5. The molecule has 178 valence electrons. The molecule has 7 heteroatoms. The van der Waals surface area contributed by atoms with Crippen molar-refractivity contribution in [2.24, 2.45) is 0 Å². The van der Waals surface area contributed by atoms with Gasteiger partial charge in [0.1, 0.15) is 0 Å². The fraction of sp³-hybridized carbons (Fsp3) is 0.444. The maximum Gasteiger partial charge on any atom is 0.261 e. The van der Waals surface area contributed by atoms with Crippen LogP contribution in [-0.2, 0) is 11.3 Å². The molecule has 0 spiro atoms. The Hall–Kier alpha value is -3.03. The standard InChI is InChI=1S/C27H31N3O4/c1-18-14-28(15-19(2)34-18)17-22-9-6-12-29(22)25(31)21-8-5-7-20(13-21)16-30-26(32)23-10-3-4-11-24(23)27(30)33/h3-5,7-8,10-11,13,18-19,22H,6,9,12,14-17H2,1-2H3. The molecule has 3 atom stereocenters. The predicted molar refractivity (Wildman–Crippen MR) is 128 cm³/mol. The molecule has 2 saturated heterocycles. The Kier molecular flexibility index (Phi) is 6.23. The van der Waals surface area contributed by atoms with Crippen LogP contribution in [0.25, 0.3) is 0 Å². The van der Waals surface area contributed by atoms with Gasteiger partial charge in [-0.05, 0) is 56.5 Å². The van der Waals surface area contributed by atoms with E-state index in [4.69, 9.17) is 4.74 Å². The van der Waals surface area contributed by atoms with Crippen molar-refractivity contribution in [3.63, 3.8) is 0 Å². The molecule has 0 radical (unpaired) electrons. The highest BCUT2D eigenvalue weighted by Crippen LogP contribution is 2.26. The maximum absolute atomic E-state index is 13.5. The fourth-order valence-corrected chi connectivity index (χ4v) is 5.56. The smallest absolute Gasteiger partial charge is 0.261 e. The molecule has 2 aromatic rings. The summed E-state index contributed by atoms with van der Waals surface area (Å²) in [5.41, 5.74) is 2.24. The third-order valence-electron chi connectivity index (χ3n) is 6.99. The number of rotatable bonds is 5. The molecule has 0 N–H and O–H groups in total. The van der Waals surface area contributed by atoms with E-state index in [9.17, 15) is 14.4 Å². The highest BCUT2D eigenvalue weighted by Gasteiger charge is 2.36. The first-order chi connectivity index (χ1) is 16.4. The number of benzene rings is 2. The van der Waals surface area contributed by atoms with Crippen LogP contribution in [0.3, 0.4) is 0 Å². The minimum absolute atomic E-state index is 0.0149. The fourth-order valence-electron chi connectivity index (χ4n) is 5.56. The summed E-state index contributed by atoms with van der Waals surface area (Å²) < 4.78 is 5.85. The van der Waals surface area contributed by atoms with Crippen molar-refractivity contribution in [2.75, 3.05) is 26.2 Å². The number of carbonyl (C=O) groups is 3. The van der Waals surface area contributed by atoms with E-state index in [0.29, 0.717) is 16.7 Å². The Morgan fingerprint density at radius 1 is 0.971 bits per heavy atom. The van der Waals surface area contributed by atoms with Crippen LogP contribution in [0, 0.1) is 0 Å². The van der Waals surface area contributed by atoms with Crippen LogP contribution in [0.1, 0.15) is 63.3 Å². The number of amides is 3. The molecule has 7 nitrogen and oxygen atoms in total. The molecule has 2 fully saturated rings. The number of morpholine rings is 1. The van der Waals surface area contributed by atoms with Crippen molar-refractivity contribution in [3.8, 4) is 0 Å². The summed E-state index contributed by atoms with van der Waals surface area (Å²) in [6.07, 6.45) is 2.41. The van der Waals surface area contributed by atoms with Gasteiger partial charge in [0, 0.05) is 37.8 Å². The lowest BCUT2D eigenvalue weighted by Crippen LogP contribution is -2.50. The molecule has 3 unspecified atom stereocenters. The monoisotopic (exact) mass is 461 g/mol. The van der Waals surface area contributed by atoms with Crippen LogP contribution in [0.5, 0.6) is 0 Å². The lowest BCUT2D eigenvalue weighted by molar-refractivity contribution is -0.0715. The molecule has 0 aromatic heterocycles. The van der Waals surface area contributed by atoms with Gasteiger partial charge >= 0.3 is 0 Å². The summed E-state index contributed by atoms with van der Waals surface area (Å²) in [5.74, 6) is -0.558. The lowest BCUT2D eigenvalue weighted by Gasteiger charge is -2.38. The van der Waals surface area contributed by atoms with Crippen LogP contribution >= 0.6 is 0 Å². The second-order valence-electron chi connectivity index (χ2n) is 9.71. The van der Waals surface area contributed by atoms with E-state index in [1.807, 2.05) is 29.2 Å². The Balaban J connectivity index is 1.28. The van der Waals surface area contributed by atoms with Crippen LogP contribution in [0.15, 0.2) is 48.5 Å². The summed E-state index contributed by atoms with van der Waals surface area (Å²) in [6.45, 7) is 7.73. The first-order valence-electron chi connectivity index (χ1n) is 12.1. The van der Waals surface area contributed by atoms with Gasteiger partial charge in [0.05, 0.1) is 29.9 Å². The predicted octanol–water partition coefficient (Wildman–Crippen LogP) is 3.20. The number of hydrogen-bond donors (Lipinski definition) is 0. The van der Waals surface area contributed by atoms with Crippen molar-refractivity contribution < 1.29 is 19.1 Å². The minimum Gasteiger partial charge on any atom is -0.373 e. The van der Waals surface area contributed by atoms with E-state index in [2.05, 4.69) is 18.7 Å². The molecule has 3 amide bonds. The molecule has 3 aliphatic rings. The van der Waals surface area contributed by atoms with Crippen molar-refractivity contribution >= 4 is 17.7 Å². The lowest BCUT2D eigenvalue weighted by atomic mass is 10.1. The third kappa shape index (κ3) is 4.38. The van der Waals surface area contributed by atoms with Gasteiger partial charge in [0.2, 0.25) is 0 Å². The largest absolute Gasteiger partial charge is 0.373 e. The highest BCUT2D eigenvalue weighted by molar-refractivity contribution is 6.21. The first-order valence-corrected chi connectivity index (χ1v) is 12.1. The molecule has 0 bridgehead atoms. The average molecular weight is 462 g/mol. The Morgan fingerprint density at radius 2 is 1.65 bits per heavy atom. The van der Waals surface area contributed by atoms with Gasteiger partial charge in [0.15, 0.2) is 0 Å². The molecular formula is C27H31N3O4. The Labute approximate surface area is 200 Å². The topological polar surface area (TPSA) is 70.2 Å². The Morgan fingerprint density at radius 3 is 2.32 bits per heavy atom. The van der Waals surface area contributed by atoms with Crippen molar-refractivity contribution in [3.05, 3.63) is 70.8 Å². The quantitative estimate of drug-likeness (QED) is 0.640. The van der Waals surface area contributed by atoms with Gasteiger partial charge < -0.3 is 9.64 Å². The summed E-state index contributed by atoms with van der Waals surface area (Å²) in [6, 6.07) is 14.4. The van der Waals surface area contributed by atoms with Crippen molar-refractivity contribution in [1.29, 1.82) is 0 Å². The summed E-state index contributed by atoms with van der Waals surface area (Å²) in [5, 5.41) is 0. The number of fused-ring (bicyclic) bond motifs is 1. The van der Waals surface area contributed by atoms with Crippen LogP contribution in [0.2, 0.25) is 0 Å². The average Bonchev–Trinajstić information content (AvgIpc) is 3.37. The van der Waals surface area contributed by atoms with Crippen LogP contribution in [-0.4, -0.2) is 76.9 Å². The molecule has 0 aliphatic carbocycles. The number of nitrogens with zero attached hydrogens (tertiary/aromatic N) is 3. The van der Waals surface area contributed by atoms with Gasteiger partial charge in [-0.3, -0.25) is 24.2 Å². The Bertz CT molecular complexity index is 1070. The molecule has 34 heavy (non-hydrogen) atoms. The van der Waals surface area contributed by atoms with Crippen LogP contribution < -0.4 is 0 Å². The zero-order valence-corrected chi connectivity index (χ0v) is 19.8. The van der Waals surface area contributed by atoms with E-state index in [1.54, 1.807) is 24.3 Å². The SMILES string of the molecule is CC1CN(CC2CCCN2C(=O)c2cccc(CN3C(=O)c4ccccc4C3=O)c2)CC(C)O1. The van der Waals surface area contributed by atoms with E-state index in [0.717, 1.165) is 44.6 Å². The van der Waals surface area contributed by atoms with Gasteiger partial charge in [-0.15, -0.1) is 0 Å². The summed E-state index contributed by atoms with van der Waals surface area (Å²) in [4.78, 5) is 44.6. The molecule has 0 saturated carbocycles. The number of imide groups is 1. The zero-order chi connectivity index (χ0) is 23.8. The van der Waals surface area contributed by atoms with E-state index >= 15 is 0 Å². The maximum atomic E-state index is 13.5.